The molecule has 0 amide bonds. The fraction of sp³-hybridized carbons (Fsp3) is 1.00. The average molecular weight is 207 g/mol. The summed E-state index contributed by atoms with van der Waals surface area (Å²) in [6.45, 7) is 4.03. The summed E-state index contributed by atoms with van der Waals surface area (Å²) in [7, 11) is -4.02. The highest BCUT2D eigenvalue weighted by atomic mass is 32.2. The van der Waals surface area contributed by atoms with Crippen LogP contribution in [0.3, 0.4) is 0 Å². The Morgan fingerprint density at radius 3 is 2.23 bits per heavy atom. The van der Waals surface area contributed by atoms with E-state index in [9.17, 15) is 13.0 Å². The Labute approximate surface area is 81.3 Å². The second kappa shape index (κ2) is 6.38. The van der Waals surface area contributed by atoms with Crippen LogP contribution in [0.2, 0.25) is 0 Å². The first-order chi connectivity index (χ1) is 5.99. The Kier molecular flexibility index (Phi) is 6.33. The molecular formula is C9H19O3S-. The van der Waals surface area contributed by atoms with Crippen molar-refractivity contribution in [1.82, 2.24) is 0 Å². The van der Waals surface area contributed by atoms with Crippen LogP contribution < -0.4 is 0 Å². The molecule has 0 aliphatic rings. The summed E-state index contributed by atoms with van der Waals surface area (Å²) in [5.41, 5.74) is 0. The summed E-state index contributed by atoms with van der Waals surface area (Å²) >= 11 is 0. The predicted molar refractivity (Wildman–Crippen MR) is 52.5 cm³/mol. The third-order valence-corrected chi connectivity index (χ3v) is 3.11. The molecule has 1 atom stereocenters. The van der Waals surface area contributed by atoms with E-state index < -0.39 is 10.1 Å². The molecule has 0 N–H and O–H groups in total. The lowest BCUT2D eigenvalue weighted by atomic mass is 10.0. The lowest BCUT2D eigenvalue weighted by Crippen LogP contribution is -2.14. The second-order valence-electron chi connectivity index (χ2n) is 3.49. The predicted octanol–water partition coefficient (Wildman–Crippen LogP) is 2.14. The van der Waals surface area contributed by atoms with Gasteiger partial charge in [-0.05, 0) is 12.3 Å². The van der Waals surface area contributed by atoms with Gasteiger partial charge in [0.1, 0.15) is 0 Å². The number of hydrogen-bond acceptors (Lipinski definition) is 3. The molecule has 3 nitrogen and oxygen atoms in total. The van der Waals surface area contributed by atoms with Gasteiger partial charge in [-0.1, -0.05) is 39.5 Å². The van der Waals surface area contributed by atoms with E-state index in [-0.39, 0.29) is 11.7 Å². The van der Waals surface area contributed by atoms with Gasteiger partial charge in [-0.25, -0.2) is 8.42 Å². The van der Waals surface area contributed by atoms with Crippen molar-refractivity contribution in [2.75, 3.05) is 5.75 Å². The molecule has 0 aliphatic heterocycles. The highest BCUT2D eigenvalue weighted by molar-refractivity contribution is 7.85. The fourth-order valence-corrected chi connectivity index (χ4v) is 2.36. The number of rotatable bonds is 7. The molecule has 0 radical (unpaired) electrons. The van der Waals surface area contributed by atoms with Gasteiger partial charge >= 0.3 is 0 Å². The van der Waals surface area contributed by atoms with E-state index >= 15 is 0 Å². The zero-order valence-electron chi connectivity index (χ0n) is 8.45. The number of unbranched alkanes of at least 4 members (excludes halogenated alkanes) is 2. The molecule has 0 aliphatic carbocycles. The zero-order chi connectivity index (χ0) is 10.3. The van der Waals surface area contributed by atoms with Crippen LogP contribution in [-0.2, 0) is 10.1 Å². The quantitative estimate of drug-likeness (QED) is 0.474. The Morgan fingerprint density at radius 2 is 1.85 bits per heavy atom. The third kappa shape index (κ3) is 8.25. The van der Waals surface area contributed by atoms with Crippen LogP contribution in [0.5, 0.6) is 0 Å². The monoisotopic (exact) mass is 207 g/mol. The first-order valence-corrected chi connectivity index (χ1v) is 6.50. The van der Waals surface area contributed by atoms with Gasteiger partial charge in [-0.2, -0.15) is 0 Å². The van der Waals surface area contributed by atoms with Gasteiger partial charge in [-0.15, -0.1) is 0 Å². The topological polar surface area (TPSA) is 57.2 Å². The highest BCUT2D eigenvalue weighted by Gasteiger charge is 2.09. The van der Waals surface area contributed by atoms with Crippen LogP contribution in [0.4, 0.5) is 0 Å². The van der Waals surface area contributed by atoms with Crippen molar-refractivity contribution < 1.29 is 13.0 Å². The molecule has 0 aromatic carbocycles. The van der Waals surface area contributed by atoms with Crippen molar-refractivity contribution in [2.24, 2.45) is 5.92 Å². The van der Waals surface area contributed by atoms with E-state index in [1.807, 2.05) is 6.92 Å². The molecule has 0 saturated carbocycles. The van der Waals surface area contributed by atoms with Gasteiger partial charge in [0.15, 0.2) is 0 Å². The Hall–Kier alpha value is -0.0900. The minimum absolute atomic E-state index is 0.0639. The Morgan fingerprint density at radius 1 is 1.23 bits per heavy atom. The van der Waals surface area contributed by atoms with E-state index in [1.54, 1.807) is 0 Å². The molecular weight excluding hydrogens is 188 g/mol. The van der Waals surface area contributed by atoms with Gasteiger partial charge in [0, 0.05) is 5.75 Å². The van der Waals surface area contributed by atoms with Crippen LogP contribution in [-0.4, -0.2) is 18.7 Å². The van der Waals surface area contributed by atoms with E-state index in [0.29, 0.717) is 0 Å². The maximum atomic E-state index is 10.5. The molecule has 80 valence electrons. The molecule has 0 aromatic rings. The first-order valence-electron chi connectivity index (χ1n) is 4.93. The van der Waals surface area contributed by atoms with Crippen molar-refractivity contribution in [3.8, 4) is 0 Å². The summed E-state index contributed by atoms with van der Waals surface area (Å²) in [5, 5.41) is 0. The maximum absolute atomic E-state index is 10.5. The van der Waals surface area contributed by atoms with Crippen molar-refractivity contribution in [1.29, 1.82) is 0 Å². The van der Waals surface area contributed by atoms with Gasteiger partial charge in [-0.3, -0.25) is 0 Å². The maximum Gasteiger partial charge on any atom is 0.0948 e. The molecule has 0 rings (SSSR count). The normalized spacial score (nSPS) is 14.4. The summed E-state index contributed by atoms with van der Waals surface area (Å²) in [6.07, 6.45) is 4.93. The molecule has 13 heavy (non-hydrogen) atoms. The fourth-order valence-electron chi connectivity index (χ4n) is 1.38. The van der Waals surface area contributed by atoms with Gasteiger partial charge in [0.2, 0.25) is 0 Å². The van der Waals surface area contributed by atoms with E-state index in [2.05, 4.69) is 6.92 Å². The second-order valence-corrected chi connectivity index (χ2v) is 4.94. The molecule has 0 fully saturated rings. The Balaban J connectivity index is 3.77. The minimum atomic E-state index is -4.02. The standard InChI is InChI=1S/C9H20O3S/c1-3-5-6-7-9(4-2)8-13(10,11)12/h9H,3-8H2,1-2H3,(H,10,11,12)/p-1. The van der Waals surface area contributed by atoms with Gasteiger partial charge < -0.3 is 4.55 Å². The summed E-state index contributed by atoms with van der Waals surface area (Å²) < 4.78 is 31.4. The molecule has 0 heterocycles. The first kappa shape index (κ1) is 12.9. The van der Waals surface area contributed by atoms with Crippen molar-refractivity contribution in [2.45, 2.75) is 46.0 Å². The van der Waals surface area contributed by atoms with Gasteiger partial charge in [0.05, 0.1) is 10.1 Å². The lowest BCUT2D eigenvalue weighted by Gasteiger charge is -2.16. The molecule has 0 bridgehead atoms. The van der Waals surface area contributed by atoms with Crippen molar-refractivity contribution in [3.05, 3.63) is 0 Å². The highest BCUT2D eigenvalue weighted by Crippen LogP contribution is 2.15. The van der Waals surface area contributed by atoms with Crippen molar-refractivity contribution >= 4 is 10.1 Å². The summed E-state index contributed by atoms with van der Waals surface area (Å²) in [6, 6.07) is 0. The van der Waals surface area contributed by atoms with Crippen LogP contribution >= 0.6 is 0 Å². The molecule has 0 spiro atoms. The van der Waals surface area contributed by atoms with E-state index in [4.69, 9.17) is 0 Å². The lowest BCUT2D eigenvalue weighted by molar-refractivity contribution is 0.426. The molecule has 0 aromatic heterocycles. The largest absolute Gasteiger partial charge is 0.748 e. The zero-order valence-corrected chi connectivity index (χ0v) is 9.27. The van der Waals surface area contributed by atoms with E-state index in [0.717, 1.165) is 32.1 Å². The summed E-state index contributed by atoms with van der Waals surface area (Å²) in [5.74, 6) is -0.123. The third-order valence-electron chi connectivity index (χ3n) is 2.23. The van der Waals surface area contributed by atoms with E-state index in [1.165, 1.54) is 0 Å². The SMILES string of the molecule is CCCCCC(CC)CS(=O)(=O)[O-]. The van der Waals surface area contributed by atoms with Crippen LogP contribution in [0, 0.1) is 5.92 Å². The molecule has 1 unspecified atom stereocenters. The van der Waals surface area contributed by atoms with Crippen LogP contribution in [0.1, 0.15) is 46.0 Å². The Bertz CT molecular complexity index is 209. The summed E-state index contributed by atoms with van der Waals surface area (Å²) in [4.78, 5) is 0. The van der Waals surface area contributed by atoms with Crippen molar-refractivity contribution in [3.63, 3.8) is 0 Å². The molecule has 0 saturated heterocycles. The number of hydrogen-bond donors (Lipinski definition) is 0. The van der Waals surface area contributed by atoms with Gasteiger partial charge in [0.25, 0.3) is 0 Å². The minimum Gasteiger partial charge on any atom is -0.748 e. The smallest absolute Gasteiger partial charge is 0.0948 e. The average Bonchev–Trinajstić information content (AvgIpc) is 2.01. The van der Waals surface area contributed by atoms with Crippen LogP contribution in [0.15, 0.2) is 0 Å². The molecule has 4 heteroatoms. The van der Waals surface area contributed by atoms with Crippen LogP contribution in [0.25, 0.3) is 0 Å².